The van der Waals surface area contributed by atoms with E-state index in [1.54, 1.807) is 23.4 Å². The van der Waals surface area contributed by atoms with Gasteiger partial charge in [0.1, 0.15) is 6.26 Å². The molecule has 5 heteroatoms. The lowest BCUT2D eigenvalue weighted by molar-refractivity contribution is 0.0741. The Hall–Kier alpha value is -2.14. The average molecular weight is 259 g/mol. The fraction of sp³-hybridized carbons (Fsp3) is 0.286. The summed E-state index contributed by atoms with van der Waals surface area (Å²) in [4.78, 5) is 18.1. The maximum absolute atomic E-state index is 12.3. The molecule has 0 saturated heterocycles. The zero-order valence-electron chi connectivity index (χ0n) is 10.7. The molecule has 2 heterocycles. The Morgan fingerprint density at radius 1 is 1.42 bits per heavy atom. The maximum atomic E-state index is 12.3. The highest BCUT2D eigenvalue weighted by Crippen LogP contribution is 2.10. The molecule has 0 saturated carbocycles. The van der Waals surface area contributed by atoms with Crippen LogP contribution in [-0.4, -0.2) is 28.9 Å². The Kier molecular flexibility index (Phi) is 4.69. The Labute approximate surface area is 112 Å². The Bertz CT molecular complexity index is 497. The van der Waals surface area contributed by atoms with Crippen LogP contribution in [0.15, 0.2) is 47.5 Å². The molecule has 0 spiro atoms. The maximum Gasteiger partial charge on any atom is 0.257 e. The number of amides is 1. The molecule has 0 unspecified atom stereocenters. The quantitative estimate of drug-likeness (QED) is 0.856. The monoisotopic (exact) mass is 259 g/mol. The number of carbonyl (C=O) groups is 1. The van der Waals surface area contributed by atoms with Crippen molar-refractivity contribution in [3.05, 3.63) is 54.2 Å². The third kappa shape index (κ3) is 3.66. The van der Waals surface area contributed by atoms with Crippen molar-refractivity contribution >= 4 is 5.91 Å². The lowest BCUT2D eigenvalue weighted by Crippen LogP contribution is -2.32. The molecule has 2 rings (SSSR count). The van der Waals surface area contributed by atoms with Crippen molar-refractivity contribution < 1.29 is 9.21 Å². The lowest BCUT2D eigenvalue weighted by Gasteiger charge is -2.21. The van der Waals surface area contributed by atoms with Gasteiger partial charge < -0.3 is 15.1 Å². The highest BCUT2D eigenvalue weighted by atomic mass is 16.3. The molecule has 0 aliphatic carbocycles. The van der Waals surface area contributed by atoms with Gasteiger partial charge in [0.05, 0.1) is 11.8 Å². The van der Waals surface area contributed by atoms with Crippen molar-refractivity contribution in [3.8, 4) is 0 Å². The lowest BCUT2D eigenvalue weighted by atomic mass is 10.2. The zero-order valence-corrected chi connectivity index (χ0v) is 10.7. The van der Waals surface area contributed by atoms with Gasteiger partial charge in [-0.05, 0) is 30.7 Å². The molecule has 2 N–H and O–H groups in total. The van der Waals surface area contributed by atoms with Crippen molar-refractivity contribution in [2.24, 2.45) is 5.73 Å². The minimum Gasteiger partial charge on any atom is -0.472 e. The fourth-order valence-electron chi connectivity index (χ4n) is 1.82. The average Bonchev–Trinajstić information content (AvgIpc) is 2.98. The molecule has 0 radical (unpaired) electrons. The van der Waals surface area contributed by atoms with E-state index in [4.69, 9.17) is 10.2 Å². The summed E-state index contributed by atoms with van der Waals surface area (Å²) in [6, 6.07) is 5.48. The predicted molar refractivity (Wildman–Crippen MR) is 71.4 cm³/mol. The number of furan rings is 1. The van der Waals surface area contributed by atoms with E-state index in [0.717, 1.165) is 12.0 Å². The van der Waals surface area contributed by atoms with E-state index in [2.05, 4.69) is 4.98 Å². The molecule has 5 nitrogen and oxygen atoms in total. The van der Waals surface area contributed by atoms with Crippen LogP contribution in [0.2, 0.25) is 0 Å². The summed E-state index contributed by atoms with van der Waals surface area (Å²) in [5.74, 6) is -0.0500. The number of hydrogen-bond donors (Lipinski definition) is 1. The molecule has 0 fully saturated rings. The highest BCUT2D eigenvalue weighted by molar-refractivity contribution is 5.93. The van der Waals surface area contributed by atoms with Crippen molar-refractivity contribution in [2.75, 3.05) is 13.1 Å². The summed E-state index contributed by atoms with van der Waals surface area (Å²) in [6.45, 7) is 1.70. The zero-order chi connectivity index (χ0) is 13.5. The summed E-state index contributed by atoms with van der Waals surface area (Å²) >= 11 is 0. The van der Waals surface area contributed by atoms with Crippen LogP contribution in [0.1, 0.15) is 22.3 Å². The summed E-state index contributed by atoms with van der Waals surface area (Å²) in [5.41, 5.74) is 7.07. The minimum absolute atomic E-state index is 0.0500. The van der Waals surface area contributed by atoms with Crippen LogP contribution in [0.4, 0.5) is 0 Å². The van der Waals surface area contributed by atoms with Crippen LogP contribution < -0.4 is 5.73 Å². The number of rotatable bonds is 6. The normalized spacial score (nSPS) is 10.4. The Morgan fingerprint density at radius 3 is 2.95 bits per heavy atom. The molecular formula is C14H17N3O2. The molecule has 0 bridgehead atoms. The third-order valence-corrected chi connectivity index (χ3v) is 2.78. The van der Waals surface area contributed by atoms with Gasteiger partial charge in [-0.3, -0.25) is 9.78 Å². The first kappa shape index (κ1) is 13.3. The Morgan fingerprint density at radius 2 is 2.32 bits per heavy atom. The van der Waals surface area contributed by atoms with E-state index >= 15 is 0 Å². The second-order valence-corrected chi connectivity index (χ2v) is 4.24. The molecular weight excluding hydrogens is 242 g/mol. The summed E-state index contributed by atoms with van der Waals surface area (Å²) in [6.07, 6.45) is 7.20. The van der Waals surface area contributed by atoms with Crippen molar-refractivity contribution in [3.63, 3.8) is 0 Å². The van der Waals surface area contributed by atoms with E-state index < -0.39 is 0 Å². The first-order valence-corrected chi connectivity index (χ1v) is 6.21. The molecule has 0 aromatic carbocycles. The van der Waals surface area contributed by atoms with Crippen molar-refractivity contribution in [2.45, 2.75) is 13.0 Å². The SMILES string of the molecule is NCCCN(Cc1cccnc1)C(=O)c1ccoc1. The largest absolute Gasteiger partial charge is 0.472 e. The van der Waals surface area contributed by atoms with Crippen LogP contribution in [0.25, 0.3) is 0 Å². The van der Waals surface area contributed by atoms with E-state index in [1.165, 1.54) is 12.5 Å². The van der Waals surface area contributed by atoms with Gasteiger partial charge in [-0.2, -0.15) is 0 Å². The number of hydrogen-bond acceptors (Lipinski definition) is 4. The predicted octanol–water partition coefficient (Wildman–Crippen LogP) is 1.67. The van der Waals surface area contributed by atoms with Gasteiger partial charge in [0.2, 0.25) is 0 Å². The van der Waals surface area contributed by atoms with Crippen molar-refractivity contribution in [1.29, 1.82) is 0 Å². The molecule has 1 amide bonds. The van der Waals surface area contributed by atoms with Gasteiger partial charge in [0.15, 0.2) is 0 Å². The smallest absolute Gasteiger partial charge is 0.257 e. The second-order valence-electron chi connectivity index (χ2n) is 4.24. The van der Waals surface area contributed by atoms with Gasteiger partial charge in [0.25, 0.3) is 5.91 Å². The number of pyridine rings is 1. The molecule has 100 valence electrons. The van der Waals surface area contributed by atoms with Crippen LogP contribution >= 0.6 is 0 Å². The van der Waals surface area contributed by atoms with Crippen molar-refractivity contribution in [1.82, 2.24) is 9.88 Å². The summed E-state index contributed by atoms with van der Waals surface area (Å²) in [5, 5.41) is 0. The van der Waals surface area contributed by atoms with E-state index in [0.29, 0.717) is 25.2 Å². The number of nitrogens with zero attached hydrogens (tertiary/aromatic N) is 2. The fourth-order valence-corrected chi connectivity index (χ4v) is 1.82. The summed E-state index contributed by atoms with van der Waals surface area (Å²) < 4.78 is 4.96. The van der Waals surface area contributed by atoms with Gasteiger partial charge in [0, 0.05) is 25.5 Å². The highest BCUT2D eigenvalue weighted by Gasteiger charge is 2.16. The number of aromatic nitrogens is 1. The van der Waals surface area contributed by atoms with Gasteiger partial charge in [-0.15, -0.1) is 0 Å². The molecule has 0 aliphatic rings. The van der Waals surface area contributed by atoms with Gasteiger partial charge in [-0.1, -0.05) is 6.07 Å². The standard InChI is InChI=1S/C14H17N3O2/c15-5-2-7-17(10-12-3-1-6-16-9-12)14(18)13-4-8-19-11-13/h1,3-4,6,8-9,11H,2,5,7,10,15H2. The minimum atomic E-state index is -0.0500. The molecule has 0 atom stereocenters. The van der Waals surface area contributed by atoms with Crippen LogP contribution in [-0.2, 0) is 6.54 Å². The number of carbonyl (C=O) groups excluding carboxylic acids is 1. The summed E-state index contributed by atoms with van der Waals surface area (Å²) in [7, 11) is 0. The molecule has 19 heavy (non-hydrogen) atoms. The van der Waals surface area contributed by atoms with Gasteiger partial charge in [-0.25, -0.2) is 0 Å². The van der Waals surface area contributed by atoms with E-state index in [1.807, 2.05) is 12.1 Å². The second kappa shape index (κ2) is 6.70. The topological polar surface area (TPSA) is 72.4 Å². The first-order valence-electron chi connectivity index (χ1n) is 6.21. The van der Waals surface area contributed by atoms with Crippen LogP contribution in [0.5, 0.6) is 0 Å². The third-order valence-electron chi connectivity index (χ3n) is 2.78. The molecule has 2 aromatic rings. The van der Waals surface area contributed by atoms with E-state index in [9.17, 15) is 4.79 Å². The number of nitrogens with two attached hydrogens (primary N) is 1. The first-order chi connectivity index (χ1) is 9.31. The molecule has 2 aromatic heterocycles. The Balaban J connectivity index is 2.09. The van der Waals surface area contributed by atoms with Crippen LogP contribution in [0.3, 0.4) is 0 Å². The molecule has 0 aliphatic heterocycles. The van der Waals surface area contributed by atoms with E-state index in [-0.39, 0.29) is 5.91 Å². The van der Waals surface area contributed by atoms with Crippen LogP contribution in [0, 0.1) is 0 Å². The van der Waals surface area contributed by atoms with Gasteiger partial charge >= 0.3 is 0 Å².